The van der Waals surface area contributed by atoms with Crippen LogP contribution in [0.4, 0.5) is 5.69 Å². The highest BCUT2D eigenvalue weighted by Gasteiger charge is 2.11. The zero-order valence-electron chi connectivity index (χ0n) is 10.1. The summed E-state index contributed by atoms with van der Waals surface area (Å²) in [7, 11) is 0. The first kappa shape index (κ1) is 12.9. The Labute approximate surface area is 110 Å². The van der Waals surface area contributed by atoms with E-state index in [2.05, 4.69) is 4.98 Å². The molecule has 96 valence electrons. The van der Waals surface area contributed by atoms with Gasteiger partial charge in [-0.25, -0.2) is 0 Å². The maximum atomic E-state index is 11.0. The van der Waals surface area contributed by atoms with Crippen LogP contribution in [0.3, 0.4) is 0 Å². The molecule has 0 atom stereocenters. The number of nitrogens with zero attached hydrogens (tertiary/aromatic N) is 2. The van der Waals surface area contributed by atoms with Gasteiger partial charge in [0.15, 0.2) is 0 Å². The average Bonchev–Trinajstić information content (AvgIpc) is 2.47. The van der Waals surface area contributed by atoms with Crippen LogP contribution in [0.25, 0.3) is 0 Å². The van der Waals surface area contributed by atoms with Crippen molar-refractivity contribution in [2.75, 3.05) is 5.06 Å². The van der Waals surface area contributed by atoms with Crippen LogP contribution >= 0.6 is 0 Å². The topological polar surface area (TPSA) is 70.5 Å². The van der Waals surface area contributed by atoms with E-state index in [1.165, 1.54) is 0 Å². The van der Waals surface area contributed by atoms with Crippen molar-refractivity contribution in [1.82, 2.24) is 4.98 Å². The molecule has 0 bridgehead atoms. The van der Waals surface area contributed by atoms with E-state index in [9.17, 15) is 14.8 Å². The van der Waals surface area contributed by atoms with E-state index in [1.54, 1.807) is 36.7 Å². The number of pyridine rings is 1. The highest BCUT2D eigenvalue weighted by atomic mass is 16.5. The second kappa shape index (κ2) is 5.88. The summed E-state index contributed by atoms with van der Waals surface area (Å²) in [5.41, 5.74) is 2.41. The molecular weight excluding hydrogens is 244 g/mol. The minimum absolute atomic E-state index is 0.0604. The van der Waals surface area contributed by atoms with E-state index >= 15 is 0 Å². The molecule has 0 aliphatic carbocycles. The normalized spacial score (nSPS) is 9.95. The molecule has 19 heavy (non-hydrogen) atoms. The fourth-order valence-corrected chi connectivity index (χ4v) is 1.67. The van der Waals surface area contributed by atoms with Crippen LogP contribution in [-0.4, -0.2) is 22.4 Å². The van der Waals surface area contributed by atoms with Crippen LogP contribution in [0.2, 0.25) is 0 Å². The van der Waals surface area contributed by atoms with Gasteiger partial charge in [0.1, 0.15) is 0 Å². The summed E-state index contributed by atoms with van der Waals surface area (Å²) in [4.78, 5) is 25.2. The summed E-state index contributed by atoms with van der Waals surface area (Å²) in [5, 5.41) is 9.74. The Balaban J connectivity index is 2.10. The summed E-state index contributed by atoms with van der Waals surface area (Å²) in [6.07, 6.45) is 4.24. The van der Waals surface area contributed by atoms with Crippen LogP contribution in [0.5, 0.6) is 0 Å². The highest BCUT2D eigenvalue weighted by Crippen LogP contribution is 2.15. The number of carbonyl (C=O) groups is 2. The average molecular weight is 256 g/mol. The van der Waals surface area contributed by atoms with Crippen molar-refractivity contribution in [2.45, 2.75) is 6.42 Å². The van der Waals surface area contributed by atoms with Gasteiger partial charge in [0.25, 0.3) is 0 Å². The Bertz CT molecular complexity index is 567. The number of hydroxylamine groups is 1. The van der Waals surface area contributed by atoms with Gasteiger partial charge in [-0.15, -0.1) is 0 Å². The maximum absolute atomic E-state index is 11.0. The van der Waals surface area contributed by atoms with Crippen molar-refractivity contribution >= 4 is 17.9 Å². The number of carbonyl (C=O) groups excluding carboxylic acids is 2. The van der Waals surface area contributed by atoms with Crippen molar-refractivity contribution in [1.29, 1.82) is 0 Å². The summed E-state index contributed by atoms with van der Waals surface area (Å²) in [5.74, 6) is -0.998. The lowest BCUT2D eigenvalue weighted by Gasteiger charge is -2.12. The number of hydrogen-bond acceptors (Lipinski definition) is 4. The monoisotopic (exact) mass is 256 g/mol. The van der Waals surface area contributed by atoms with Gasteiger partial charge in [0.2, 0.25) is 6.29 Å². The second-order valence-corrected chi connectivity index (χ2v) is 3.97. The first-order chi connectivity index (χ1) is 9.20. The molecule has 1 N–H and O–H groups in total. The van der Waals surface area contributed by atoms with Gasteiger partial charge in [0.05, 0.1) is 5.69 Å². The van der Waals surface area contributed by atoms with Crippen molar-refractivity contribution in [3.63, 3.8) is 0 Å². The van der Waals surface area contributed by atoms with Gasteiger partial charge in [-0.2, -0.15) is 5.06 Å². The van der Waals surface area contributed by atoms with E-state index in [-0.39, 0.29) is 12.0 Å². The van der Waals surface area contributed by atoms with Gasteiger partial charge in [-0.1, -0.05) is 12.1 Å². The molecule has 0 fully saturated rings. The Hall–Kier alpha value is -2.53. The fourth-order valence-electron chi connectivity index (χ4n) is 1.67. The summed E-state index contributed by atoms with van der Waals surface area (Å²) < 4.78 is 0. The molecule has 2 rings (SSSR count). The zero-order valence-corrected chi connectivity index (χ0v) is 10.1. The smallest absolute Gasteiger partial charge is 0.292 e. The van der Waals surface area contributed by atoms with E-state index in [4.69, 9.17) is 0 Å². The van der Waals surface area contributed by atoms with Gasteiger partial charge in [-0.3, -0.25) is 19.8 Å². The zero-order chi connectivity index (χ0) is 13.7. The van der Waals surface area contributed by atoms with Crippen molar-refractivity contribution in [2.24, 2.45) is 0 Å². The van der Waals surface area contributed by atoms with Gasteiger partial charge >= 0.3 is 5.91 Å². The van der Waals surface area contributed by atoms with Crippen LogP contribution in [-0.2, 0) is 16.0 Å². The molecule has 0 radical (unpaired) electrons. The fraction of sp³-hybridized carbons (Fsp3) is 0.0714. The van der Waals surface area contributed by atoms with Gasteiger partial charge in [-0.05, 0) is 41.8 Å². The highest BCUT2D eigenvalue weighted by molar-refractivity contribution is 6.29. The molecule has 0 saturated heterocycles. The maximum Gasteiger partial charge on any atom is 0.314 e. The third-order valence-corrected chi connectivity index (χ3v) is 2.65. The van der Waals surface area contributed by atoms with E-state index in [0.717, 1.165) is 17.5 Å². The molecule has 0 saturated carbocycles. The van der Waals surface area contributed by atoms with Crippen molar-refractivity contribution < 1.29 is 14.8 Å². The molecule has 1 heterocycles. The molecule has 2 aromatic rings. The molecular formula is C14H12N2O3. The lowest BCUT2D eigenvalue weighted by Crippen LogP contribution is -2.27. The Morgan fingerprint density at radius 3 is 2.26 bits per heavy atom. The molecule has 0 spiro atoms. The Morgan fingerprint density at radius 2 is 1.68 bits per heavy atom. The number of aromatic nitrogens is 1. The molecule has 5 heteroatoms. The molecule has 1 aromatic carbocycles. The summed E-state index contributed by atoms with van der Waals surface area (Å²) in [6.45, 7) is 0. The molecule has 1 amide bonds. The lowest BCUT2D eigenvalue weighted by atomic mass is 10.1. The number of hydrogen-bond donors (Lipinski definition) is 1. The van der Waals surface area contributed by atoms with Gasteiger partial charge in [0, 0.05) is 12.4 Å². The van der Waals surface area contributed by atoms with E-state index in [0.29, 0.717) is 5.06 Å². The number of rotatable bonds is 4. The largest absolute Gasteiger partial charge is 0.314 e. The molecule has 0 aliphatic heterocycles. The second-order valence-electron chi connectivity index (χ2n) is 3.97. The minimum atomic E-state index is -0.998. The molecule has 0 aliphatic rings. The molecule has 0 unspecified atom stereocenters. The van der Waals surface area contributed by atoms with Crippen LogP contribution in [0.15, 0.2) is 48.8 Å². The quantitative estimate of drug-likeness (QED) is 0.390. The van der Waals surface area contributed by atoms with Crippen LogP contribution in [0.1, 0.15) is 11.1 Å². The summed E-state index contributed by atoms with van der Waals surface area (Å²) >= 11 is 0. The van der Waals surface area contributed by atoms with E-state index < -0.39 is 5.91 Å². The first-order valence-corrected chi connectivity index (χ1v) is 5.66. The van der Waals surface area contributed by atoms with Crippen molar-refractivity contribution in [3.05, 3.63) is 59.9 Å². The number of amides is 1. The molecule has 1 aromatic heterocycles. The number of benzene rings is 1. The summed E-state index contributed by atoms with van der Waals surface area (Å²) in [6, 6.07) is 10.6. The van der Waals surface area contributed by atoms with Crippen LogP contribution < -0.4 is 5.06 Å². The van der Waals surface area contributed by atoms with Crippen LogP contribution in [0, 0.1) is 0 Å². The SMILES string of the molecule is O=CC(=O)N(O)c1ccc(Cc2ccncc2)cc1. The standard InChI is InChI=1S/C14H12N2O3/c17-10-14(18)16(19)13-3-1-11(2-4-13)9-12-5-7-15-8-6-12/h1-8,10,19H,9H2. The first-order valence-electron chi connectivity index (χ1n) is 5.66. The number of aldehydes is 1. The Morgan fingerprint density at radius 1 is 1.11 bits per heavy atom. The minimum Gasteiger partial charge on any atom is -0.292 e. The third-order valence-electron chi connectivity index (χ3n) is 2.65. The molecule has 5 nitrogen and oxygen atoms in total. The third kappa shape index (κ3) is 3.23. The van der Waals surface area contributed by atoms with Crippen molar-refractivity contribution in [3.8, 4) is 0 Å². The lowest BCUT2D eigenvalue weighted by molar-refractivity contribution is -0.133. The number of anilines is 1. The predicted octanol–water partition coefficient (Wildman–Crippen LogP) is 1.59. The predicted molar refractivity (Wildman–Crippen MR) is 68.8 cm³/mol. The van der Waals surface area contributed by atoms with E-state index in [1.807, 2.05) is 12.1 Å². The van der Waals surface area contributed by atoms with Gasteiger partial charge < -0.3 is 0 Å². The Kier molecular flexibility index (Phi) is 4.00.